The lowest BCUT2D eigenvalue weighted by Crippen LogP contribution is -2.34. The van der Waals surface area contributed by atoms with Crippen molar-refractivity contribution in [2.45, 2.75) is 49.8 Å². The summed E-state index contributed by atoms with van der Waals surface area (Å²) in [5.74, 6) is 0.709. The quantitative estimate of drug-likeness (QED) is 0.146. The van der Waals surface area contributed by atoms with Crippen molar-refractivity contribution in [3.05, 3.63) is 137 Å². The van der Waals surface area contributed by atoms with E-state index >= 15 is 0 Å². The Hall–Kier alpha value is -4.48. The number of nitrogens with one attached hydrogen (secondary N) is 2. The summed E-state index contributed by atoms with van der Waals surface area (Å²) in [6.45, 7) is 0.903. The highest BCUT2D eigenvalue weighted by atomic mass is 32.2. The predicted molar refractivity (Wildman–Crippen MR) is 178 cm³/mol. The van der Waals surface area contributed by atoms with Crippen LogP contribution in [0.3, 0.4) is 0 Å². The van der Waals surface area contributed by atoms with E-state index in [9.17, 15) is 9.90 Å². The first-order valence-electron chi connectivity index (χ1n) is 15.3. The van der Waals surface area contributed by atoms with E-state index in [0.29, 0.717) is 25.3 Å². The van der Waals surface area contributed by atoms with Crippen LogP contribution in [-0.2, 0) is 36.2 Å². The molecule has 1 saturated heterocycles. The normalized spacial score (nSPS) is 17.8. The number of rotatable bonds is 11. The first kappa shape index (κ1) is 31.5. The number of thioether (sulfide) groups is 1. The summed E-state index contributed by atoms with van der Waals surface area (Å²) in [5, 5.41) is 24.4. The monoisotopic (exact) mass is 635 g/mol. The topological polar surface area (TPSA) is 111 Å². The molecular formula is C36H37N5O4S. The minimum atomic E-state index is -0.541. The number of hydrogen-bond acceptors (Lipinski definition) is 7. The number of aryl methyl sites for hydroxylation is 1. The van der Waals surface area contributed by atoms with Crippen molar-refractivity contribution in [1.29, 1.82) is 0 Å². The van der Waals surface area contributed by atoms with E-state index in [4.69, 9.17) is 9.47 Å². The minimum absolute atomic E-state index is 0.00433. The van der Waals surface area contributed by atoms with Crippen molar-refractivity contribution in [2.24, 2.45) is 7.05 Å². The number of aliphatic hydroxyl groups is 1. The van der Waals surface area contributed by atoms with Gasteiger partial charge in [-0.05, 0) is 39.4 Å². The Labute approximate surface area is 273 Å². The Bertz CT molecular complexity index is 1710. The maximum absolute atomic E-state index is 12.3. The molecule has 1 fully saturated rings. The molecule has 0 bridgehead atoms. The van der Waals surface area contributed by atoms with Crippen LogP contribution in [0.15, 0.2) is 115 Å². The van der Waals surface area contributed by atoms with Crippen LogP contribution < -0.4 is 10.6 Å². The molecule has 46 heavy (non-hydrogen) atoms. The van der Waals surface area contributed by atoms with Gasteiger partial charge in [0.1, 0.15) is 6.33 Å². The molecule has 236 valence electrons. The zero-order chi connectivity index (χ0) is 31.7. The molecule has 9 nitrogen and oxygen atoms in total. The molecule has 3 unspecified atom stereocenters. The molecule has 10 heteroatoms. The number of amides is 2. The van der Waals surface area contributed by atoms with Crippen LogP contribution >= 0.6 is 11.8 Å². The average Bonchev–Trinajstić information content (AvgIpc) is 3.53. The van der Waals surface area contributed by atoms with Crippen LogP contribution in [0.1, 0.15) is 46.6 Å². The summed E-state index contributed by atoms with van der Waals surface area (Å²) in [7, 11) is 1.93. The van der Waals surface area contributed by atoms with Gasteiger partial charge >= 0.3 is 6.03 Å². The first-order valence-corrected chi connectivity index (χ1v) is 16.2. The maximum Gasteiger partial charge on any atom is 0.315 e. The van der Waals surface area contributed by atoms with E-state index in [1.54, 1.807) is 18.1 Å². The van der Waals surface area contributed by atoms with Gasteiger partial charge in [0.15, 0.2) is 11.4 Å². The lowest BCUT2D eigenvalue weighted by molar-refractivity contribution is -0.245. The number of carbonyl (C=O) groups excluding carboxylic acids is 1. The highest BCUT2D eigenvalue weighted by Crippen LogP contribution is 2.39. The fraction of sp³-hybridized carbons (Fsp3) is 0.250. The molecule has 1 aromatic heterocycles. The first-order chi connectivity index (χ1) is 22.5. The standard InChI is InChI=1S/C36H37N5O4S/c1-41-24-39-40-36(41)46-23-32-19-33(29-12-10-26(22-42)11-13-29)45-34(44-32)30-16-14-28(15-17-30)31-9-5-8-27(18-31)21-38-35(43)37-20-25-6-3-2-4-7-25/h2-18,24,32-34,42H,19-23H2,1H3,(H2,37,38,43). The summed E-state index contributed by atoms with van der Waals surface area (Å²) in [4.78, 5) is 12.3. The third-order valence-electron chi connectivity index (χ3n) is 7.88. The number of nitrogens with zero attached hydrogens (tertiary/aromatic N) is 3. The molecule has 0 saturated carbocycles. The van der Waals surface area contributed by atoms with Crippen molar-refractivity contribution in [2.75, 3.05) is 5.75 Å². The maximum atomic E-state index is 12.3. The molecular weight excluding hydrogens is 598 g/mol. The number of carbonyl (C=O) groups is 1. The smallest absolute Gasteiger partial charge is 0.315 e. The summed E-state index contributed by atoms with van der Waals surface area (Å²) < 4.78 is 14.9. The molecule has 0 aliphatic carbocycles. The van der Waals surface area contributed by atoms with Crippen LogP contribution in [0, 0.1) is 0 Å². The fourth-order valence-electron chi connectivity index (χ4n) is 5.31. The summed E-state index contributed by atoms with van der Waals surface area (Å²) in [6.07, 6.45) is 1.62. The summed E-state index contributed by atoms with van der Waals surface area (Å²) >= 11 is 1.61. The van der Waals surface area contributed by atoms with Gasteiger partial charge in [-0.3, -0.25) is 0 Å². The lowest BCUT2D eigenvalue weighted by atomic mass is 9.99. The van der Waals surface area contributed by atoms with E-state index in [-0.39, 0.29) is 24.8 Å². The second-order valence-corrected chi connectivity index (χ2v) is 12.2. The fourth-order valence-corrected chi connectivity index (χ4v) is 6.22. The Morgan fingerprint density at radius 3 is 2.28 bits per heavy atom. The highest BCUT2D eigenvalue weighted by molar-refractivity contribution is 7.99. The Balaban J connectivity index is 1.11. The average molecular weight is 636 g/mol. The van der Waals surface area contributed by atoms with Gasteiger partial charge in [-0.1, -0.05) is 109 Å². The molecule has 1 aliphatic rings. The van der Waals surface area contributed by atoms with Crippen LogP contribution in [0.25, 0.3) is 11.1 Å². The van der Waals surface area contributed by atoms with Crippen LogP contribution in [-0.4, -0.2) is 37.8 Å². The van der Waals surface area contributed by atoms with E-state index < -0.39 is 6.29 Å². The van der Waals surface area contributed by atoms with Gasteiger partial charge in [0, 0.05) is 37.9 Å². The lowest BCUT2D eigenvalue weighted by Gasteiger charge is -2.36. The SMILES string of the molecule is Cn1cnnc1SCC1CC(c2ccc(CO)cc2)OC(c2ccc(-c3cccc(CNC(=O)NCc4ccccc4)c3)cc2)O1. The van der Waals surface area contributed by atoms with Gasteiger partial charge in [0.05, 0.1) is 18.8 Å². The largest absolute Gasteiger partial charge is 0.392 e. The van der Waals surface area contributed by atoms with Crippen LogP contribution in [0.5, 0.6) is 0 Å². The molecule has 3 N–H and O–H groups in total. The summed E-state index contributed by atoms with van der Waals surface area (Å²) in [6, 6.07) is 33.9. The Kier molecular flexibility index (Phi) is 10.4. The molecule has 0 spiro atoms. The number of aliphatic hydroxyl groups excluding tert-OH is 1. The molecule has 2 heterocycles. The van der Waals surface area contributed by atoms with E-state index in [0.717, 1.165) is 44.1 Å². The second-order valence-electron chi connectivity index (χ2n) is 11.2. The summed E-state index contributed by atoms with van der Waals surface area (Å²) in [5.41, 5.74) is 7.02. The third kappa shape index (κ3) is 8.21. The van der Waals surface area contributed by atoms with Gasteiger partial charge < -0.3 is 29.8 Å². The Morgan fingerprint density at radius 1 is 0.848 bits per heavy atom. The number of ether oxygens (including phenoxy) is 2. The number of urea groups is 1. The van der Waals surface area contributed by atoms with Crippen molar-refractivity contribution in [3.63, 3.8) is 0 Å². The van der Waals surface area contributed by atoms with Gasteiger partial charge in [0.25, 0.3) is 0 Å². The van der Waals surface area contributed by atoms with Crippen LogP contribution in [0.4, 0.5) is 4.79 Å². The number of benzene rings is 4. The zero-order valence-electron chi connectivity index (χ0n) is 25.6. The van der Waals surface area contributed by atoms with Crippen molar-refractivity contribution in [3.8, 4) is 11.1 Å². The van der Waals surface area contributed by atoms with Crippen molar-refractivity contribution < 1.29 is 19.4 Å². The van der Waals surface area contributed by atoms with Gasteiger partial charge in [0.2, 0.25) is 0 Å². The minimum Gasteiger partial charge on any atom is -0.392 e. The molecule has 1 aliphatic heterocycles. The van der Waals surface area contributed by atoms with E-state index in [1.165, 1.54) is 0 Å². The zero-order valence-corrected chi connectivity index (χ0v) is 26.4. The van der Waals surface area contributed by atoms with Gasteiger partial charge in [-0.15, -0.1) is 10.2 Å². The van der Waals surface area contributed by atoms with Gasteiger partial charge in [-0.25, -0.2) is 4.79 Å². The number of aromatic nitrogens is 3. The second kappa shape index (κ2) is 15.2. The molecule has 3 atom stereocenters. The predicted octanol–water partition coefficient (Wildman–Crippen LogP) is 6.31. The van der Waals surface area contributed by atoms with Crippen LogP contribution in [0.2, 0.25) is 0 Å². The molecule has 4 aromatic carbocycles. The highest BCUT2D eigenvalue weighted by Gasteiger charge is 2.32. The third-order valence-corrected chi connectivity index (χ3v) is 9.04. The molecule has 6 rings (SSSR count). The number of hydrogen-bond donors (Lipinski definition) is 3. The van der Waals surface area contributed by atoms with E-state index in [1.807, 2.05) is 90.5 Å². The molecule has 5 aromatic rings. The van der Waals surface area contributed by atoms with Gasteiger partial charge in [-0.2, -0.15) is 0 Å². The molecule has 0 radical (unpaired) electrons. The molecule has 2 amide bonds. The van der Waals surface area contributed by atoms with Crippen molar-refractivity contribution in [1.82, 2.24) is 25.4 Å². The van der Waals surface area contributed by atoms with Crippen molar-refractivity contribution >= 4 is 17.8 Å². The van der Waals surface area contributed by atoms with E-state index in [2.05, 4.69) is 45.1 Å². The Morgan fingerprint density at radius 2 is 1.57 bits per heavy atom.